The molecule has 110 valence electrons. The van der Waals surface area contributed by atoms with Crippen molar-refractivity contribution in [3.05, 3.63) is 28.0 Å². The molecule has 1 aliphatic rings. The van der Waals surface area contributed by atoms with Crippen molar-refractivity contribution in [1.29, 1.82) is 0 Å². The molecule has 1 aromatic rings. The quantitative estimate of drug-likeness (QED) is 0.881. The molecule has 1 aliphatic carbocycles. The van der Waals surface area contributed by atoms with Crippen molar-refractivity contribution in [2.75, 3.05) is 11.9 Å². The van der Waals surface area contributed by atoms with Crippen molar-refractivity contribution in [2.45, 2.75) is 32.6 Å². The Labute approximate surface area is 127 Å². The highest BCUT2D eigenvalue weighted by atomic mass is 79.9. The van der Waals surface area contributed by atoms with Gasteiger partial charge in [-0.05, 0) is 65.9 Å². The summed E-state index contributed by atoms with van der Waals surface area (Å²) in [5.74, 6) is -0.223. The topological polar surface area (TPSA) is 55.1 Å². The highest BCUT2D eigenvalue weighted by molar-refractivity contribution is 9.10. The summed E-state index contributed by atoms with van der Waals surface area (Å²) in [4.78, 5) is 12.4. The third-order valence-corrected chi connectivity index (χ3v) is 4.68. The highest BCUT2D eigenvalue weighted by Crippen LogP contribution is 2.31. The van der Waals surface area contributed by atoms with Crippen LogP contribution in [0.4, 0.5) is 10.1 Å². The van der Waals surface area contributed by atoms with Crippen LogP contribution < -0.4 is 11.1 Å². The molecule has 1 aromatic carbocycles. The SMILES string of the molecule is Cc1cc(Br)c(F)cc1NC(=O)C1CCCCC1CN. The van der Waals surface area contributed by atoms with Gasteiger partial charge in [-0.15, -0.1) is 0 Å². The molecule has 0 bridgehead atoms. The van der Waals surface area contributed by atoms with Crippen molar-refractivity contribution >= 4 is 27.5 Å². The smallest absolute Gasteiger partial charge is 0.227 e. The summed E-state index contributed by atoms with van der Waals surface area (Å²) in [5.41, 5.74) is 7.13. The van der Waals surface area contributed by atoms with E-state index in [0.717, 1.165) is 31.2 Å². The third kappa shape index (κ3) is 3.38. The monoisotopic (exact) mass is 342 g/mol. The van der Waals surface area contributed by atoms with E-state index in [4.69, 9.17) is 5.73 Å². The van der Waals surface area contributed by atoms with Crippen LogP contribution in [0.1, 0.15) is 31.2 Å². The van der Waals surface area contributed by atoms with Crippen molar-refractivity contribution in [3.8, 4) is 0 Å². The van der Waals surface area contributed by atoms with Gasteiger partial charge in [0, 0.05) is 11.6 Å². The summed E-state index contributed by atoms with van der Waals surface area (Å²) >= 11 is 3.14. The molecule has 1 fully saturated rings. The van der Waals surface area contributed by atoms with Gasteiger partial charge in [0.05, 0.1) is 4.47 Å². The molecular weight excluding hydrogens is 323 g/mol. The van der Waals surface area contributed by atoms with E-state index < -0.39 is 0 Å². The fourth-order valence-electron chi connectivity index (χ4n) is 2.84. The number of rotatable bonds is 3. The Bertz CT molecular complexity index is 507. The zero-order chi connectivity index (χ0) is 14.7. The zero-order valence-corrected chi connectivity index (χ0v) is 13.2. The molecule has 0 spiro atoms. The van der Waals surface area contributed by atoms with Gasteiger partial charge < -0.3 is 11.1 Å². The van der Waals surface area contributed by atoms with Crippen LogP contribution in [0, 0.1) is 24.6 Å². The number of aryl methyl sites for hydroxylation is 1. The maximum Gasteiger partial charge on any atom is 0.227 e. The first kappa shape index (κ1) is 15.4. The number of carbonyl (C=O) groups is 1. The number of anilines is 1. The van der Waals surface area contributed by atoms with Crippen LogP contribution in [0.2, 0.25) is 0 Å². The summed E-state index contributed by atoms with van der Waals surface area (Å²) in [6.07, 6.45) is 4.06. The number of carbonyl (C=O) groups excluding carboxylic acids is 1. The van der Waals surface area contributed by atoms with Gasteiger partial charge in [-0.25, -0.2) is 4.39 Å². The zero-order valence-electron chi connectivity index (χ0n) is 11.6. The number of hydrogen-bond acceptors (Lipinski definition) is 2. The summed E-state index contributed by atoms with van der Waals surface area (Å²) in [7, 11) is 0. The van der Waals surface area contributed by atoms with Gasteiger partial charge in [-0.1, -0.05) is 12.8 Å². The van der Waals surface area contributed by atoms with Crippen LogP contribution in [0.3, 0.4) is 0 Å². The maximum atomic E-state index is 13.6. The molecule has 1 amide bonds. The van der Waals surface area contributed by atoms with Gasteiger partial charge >= 0.3 is 0 Å². The second-order valence-corrected chi connectivity index (χ2v) is 6.31. The van der Waals surface area contributed by atoms with E-state index in [1.807, 2.05) is 6.92 Å². The lowest BCUT2D eigenvalue weighted by Gasteiger charge is -2.29. The van der Waals surface area contributed by atoms with Gasteiger partial charge in [0.25, 0.3) is 0 Å². The average molecular weight is 343 g/mol. The number of hydrogen-bond donors (Lipinski definition) is 2. The van der Waals surface area contributed by atoms with E-state index in [2.05, 4.69) is 21.2 Å². The Morgan fingerprint density at radius 2 is 2.15 bits per heavy atom. The number of halogens is 2. The average Bonchev–Trinajstić information content (AvgIpc) is 2.44. The Morgan fingerprint density at radius 3 is 2.85 bits per heavy atom. The van der Waals surface area contributed by atoms with Gasteiger partial charge in [0.2, 0.25) is 5.91 Å². The summed E-state index contributed by atoms with van der Waals surface area (Å²) in [6.45, 7) is 2.38. The van der Waals surface area contributed by atoms with E-state index in [0.29, 0.717) is 16.7 Å². The van der Waals surface area contributed by atoms with Gasteiger partial charge in [0.15, 0.2) is 0 Å². The molecule has 0 heterocycles. The summed E-state index contributed by atoms with van der Waals surface area (Å²) < 4.78 is 14.0. The van der Waals surface area contributed by atoms with E-state index >= 15 is 0 Å². The van der Waals surface area contributed by atoms with Crippen molar-refractivity contribution in [2.24, 2.45) is 17.6 Å². The predicted molar refractivity (Wildman–Crippen MR) is 82.0 cm³/mol. The second kappa shape index (κ2) is 6.68. The maximum absolute atomic E-state index is 13.6. The Morgan fingerprint density at radius 1 is 1.45 bits per heavy atom. The van der Waals surface area contributed by atoms with Gasteiger partial charge in [-0.2, -0.15) is 0 Å². The summed E-state index contributed by atoms with van der Waals surface area (Å²) in [6, 6.07) is 3.03. The lowest BCUT2D eigenvalue weighted by atomic mass is 9.78. The predicted octanol–water partition coefficient (Wildman–Crippen LogP) is 3.60. The number of benzene rings is 1. The molecule has 0 aromatic heterocycles. The minimum atomic E-state index is -0.370. The Balaban J connectivity index is 2.13. The van der Waals surface area contributed by atoms with Crippen molar-refractivity contribution in [1.82, 2.24) is 0 Å². The molecule has 20 heavy (non-hydrogen) atoms. The molecule has 0 radical (unpaired) electrons. The number of nitrogens with two attached hydrogens (primary N) is 1. The van der Waals surface area contributed by atoms with Gasteiger partial charge in [-0.3, -0.25) is 4.79 Å². The Kier molecular flexibility index (Phi) is 5.16. The number of nitrogens with one attached hydrogen (secondary N) is 1. The molecule has 0 aliphatic heterocycles. The number of amides is 1. The van der Waals surface area contributed by atoms with Crippen LogP contribution in [0.25, 0.3) is 0 Å². The lowest BCUT2D eigenvalue weighted by Crippen LogP contribution is -2.35. The first-order chi connectivity index (χ1) is 9.52. The third-order valence-electron chi connectivity index (χ3n) is 4.07. The van der Waals surface area contributed by atoms with Crippen LogP contribution in [-0.2, 0) is 4.79 Å². The van der Waals surface area contributed by atoms with E-state index in [9.17, 15) is 9.18 Å². The minimum absolute atomic E-state index is 0.0371. The first-order valence-corrected chi connectivity index (χ1v) is 7.78. The molecule has 1 saturated carbocycles. The first-order valence-electron chi connectivity index (χ1n) is 6.99. The van der Waals surface area contributed by atoms with Crippen LogP contribution in [0.5, 0.6) is 0 Å². The fraction of sp³-hybridized carbons (Fsp3) is 0.533. The largest absolute Gasteiger partial charge is 0.330 e. The normalized spacial score (nSPS) is 22.6. The van der Waals surface area contributed by atoms with Crippen LogP contribution >= 0.6 is 15.9 Å². The van der Waals surface area contributed by atoms with E-state index in [-0.39, 0.29) is 23.6 Å². The van der Waals surface area contributed by atoms with Crippen LogP contribution in [0.15, 0.2) is 16.6 Å². The molecule has 0 saturated heterocycles. The highest BCUT2D eigenvalue weighted by Gasteiger charge is 2.30. The molecule has 3 nitrogen and oxygen atoms in total. The second-order valence-electron chi connectivity index (χ2n) is 5.46. The molecule has 3 N–H and O–H groups in total. The lowest BCUT2D eigenvalue weighted by molar-refractivity contribution is -0.122. The standard InChI is InChI=1S/C15H20BrFN2O/c1-9-6-12(16)13(17)7-14(9)19-15(20)11-5-3-2-4-10(11)8-18/h6-7,10-11H,2-5,8,18H2,1H3,(H,19,20). The van der Waals surface area contributed by atoms with E-state index in [1.54, 1.807) is 6.07 Å². The molecule has 2 unspecified atom stereocenters. The van der Waals surface area contributed by atoms with Gasteiger partial charge in [0.1, 0.15) is 5.82 Å². The van der Waals surface area contributed by atoms with Crippen molar-refractivity contribution < 1.29 is 9.18 Å². The molecule has 2 atom stereocenters. The van der Waals surface area contributed by atoms with E-state index in [1.165, 1.54) is 6.07 Å². The van der Waals surface area contributed by atoms with Crippen LogP contribution in [-0.4, -0.2) is 12.5 Å². The molecule has 5 heteroatoms. The molecule has 2 rings (SSSR count). The molecular formula is C15H20BrFN2O. The Hall–Kier alpha value is -0.940. The van der Waals surface area contributed by atoms with Crippen molar-refractivity contribution in [3.63, 3.8) is 0 Å². The fourth-order valence-corrected chi connectivity index (χ4v) is 3.30. The summed E-state index contributed by atoms with van der Waals surface area (Å²) in [5, 5.41) is 2.86. The minimum Gasteiger partial charge on any atom is -0.330 e.